The number of aliphatic hydroxyl groups excluding tert-OH is 3. The van der Waals surface area contributed by atoms with Crippen LogP contribution in [0.1, 0.15) is 35.6 Å². The number of aliphatic hydroxyl groups is 3. The van der Waals surface area contributed by atoms with Crippen LogP contribution in [0.3, 0.4) is 0 Å². The third-order valence-corrected chi connectivity index (χ3v) is 9.03. The van der Waals surface area contributed by atoms with E-state index in [1.807, 2.05) is 0 Å². The highest BCUT2D eigenvalue weighted by atomic mass is 32.2. The lowest BCUT2D eigenvalue weighted by Gasteiger charge is -2.32. The van der Waals surface area contributed by atoms with E-state index in [-0.39, 0.29) is 30.4 Å². The lowest BCUT2D eigenvalue weighted by Crippen LogP contribution is -2.54. The van der Waals surface area contributed by atoms with Crippen molar-refractivity contribution in [2.45, 2.75) is 42.0 Å². The number of aliphatic imine (C=N–C) groups is 1. The number of nitrogens with zero attached hydrogens (tertiary/aromatic N) is 4. The lowest BCUT2D eigenvalue weighted by atomic mass is 9.83. The summed E-state index contributed by atoms with van der Waals surface area (Å²) in [7, 11) is -3.89. The van der Waals surface area contributed by atoms with Crippen LogP contribution in [0.15, 0.2) is 93.9 Å². The van der Waals surface area contributed by atoms with Crippen molar-refractivity contribution in [3.8, 4) is 5.75 Å². The standard InChI is InChI=1S/C31H35N5O8S/c32-36-33-19-23-7-4-5-10-27(23)28-31(30(40)34-24(20-38)21-39,15-18-45(41,42)26-8-2-1-3-9-26)35-29(44-28)22-11-13-25(14-12-22)43-17-6-16-37/h1-5,7-14,24,28,37-39H,6,15-21H2,(H,34,40)/t28-,31-/m1/s1. The first-order valence-electron chi connectivity index (χ1n) is 14.3. The van der Waals surface area contributed by atoms with Gasteiger partial charge in [0, 0.05) is 29.9 Å². The van der Waals surface area contributed by atoms with Crippen molar-refractivity contribution in [2.75, 3.05) is 32.2 Å². The molecule has 0 radical (unpaired) electrons. The molecule has 0 saturated heterocycles. The predicted molar refractivity (Wildman–Crippen MR) is 165 cm³/mol. The molecule has 0 saturated carbocycles. The quantitative estimate of drug-likeness (QED) is 0.0794. The monoisotopic (exact) mass is 637 g/mol. The number of amides is 1. The van der Waals surface area contributed by atoms with Crippen LogP contribution in [0.4, 0.5) is 0 Å². The van der Waals surface area contributed by atoms with Crippen LogP contribution in [-0.4, -0.2) is 79.3 Å². The number of carbonyl (C=O) groups excluding carboxylic acids is 1. The first-order valence-corrected chi connectivity index (χ1v) is 15.9. The summed E-state index contributed by atoms with van der Waals surface area (Å²) < 4.78 is 38.9. The first kappa shape index (κ1) is 33.4. The summed E-state index contributed by atoms with van der Waals surface area (Å²) in [6.45, 7) is -0.921. The fourth-order valence-corrected chi connectivity index (χ4v) is 6.27. The van der Waals surface area contributed by atoms with E-state index in [2.05, 4.69) is 15.3 Å². The average Bonchev–Trinajstić information content (AvgIpc) is 3.47. The molecule has 0 bridgehead atoms. The number of sulfone groups is 1. The zero-order valence-electron chi connectivity index (χ0n) is 24.4. The van der Waals surface area contributed by atoms with E-state index in [4.69, 9.17) is 25.1 Å². The molecule has 3 aromatic carbocycles. The third-order valence-electron chi connectivity index (χ3n) is 7.30. The Morgan fingerprint density at radius 2 is 1.73 bits per heavy atom. The molecule has 4 rings (SSSR count). The molecule has 1 amide bonds. The summed E-state index contributed by atoms with van der Waals surface area (Å²) in [5.41, 5.74) is 8.57. The van der Waals surface area contributed by atoms with Crippen LogP contribution >= 0.6 is 0 Å². The van der Waals surface area contributed by atoms with Crippen LogP contribution in [-0.2, 0) is 25.9 Å². The molecule has 1 heterocycles. The van der Waals surface area contributed by atoms with Gasteiger partial charge in [-0.05, 0) is 53.1 Å². The molecule has 13 nitrogen and oxygen atoms in total. The second-order valence-corrected chi connectivity index (χ2v) is 12.4. The molecule has 14 heteroatoms. The second kappa shape index (κ2) is 15.5. The van der Waals surface area contributed by atoms with Gasteiger partial charge in [-0.1, -0.05) is 47.6 Å². The Labute approximate surface area is 260 Å². The maximum Gasteiger partial charge on any atom is 0.252 e. The van der Waals surface area contributed by atoms with Gasteiger partial charge in [0.2, 0.25) is 5.90 Å². The smallest absolute Gasteiger partial charge is 0.252 e. The SMILES string of the molecule is [N-]=[N+]=NCc1ccccc1[C@H]1OC(c2ccc(OCCCO)cc2)=N[C@@]1(CCS(=O)(=O)c1ccccc1)C(=O)NC(CO)CO. The van der Waals surface area contributed by atoms with Crippen molar-refractivity contribution in [3.05, 3.63) is 106 Å². The zero-order valence-corrected chi connectivity index (χ0v) is 25.2. The average molecular weight is 638 g/mol. The number of hydrogen-bond donors (Lipinski definition) is 4. The van der Waals surface area contributed by atoms with Crippen LogP contribution in [0.2, 0.25) is 0 Å². The van der Waals surface area contributed by atoms with E-state index in [1.165, 1.54) is 12.1 Å². The molecule has 0 fully saturated rings. The Kier molecular flexibility index (Phi) is 11.5. The Morgan fingerprint density at radius 1 is 1.04 bits per heavy atom. The number of benzene rings is 3. The molecule has 0 unspecified atom stereocenters. The van der Waals surface area contributed by atoms with E-state index in [0.717, 1.165) is 0 Å². The number of hydrogen-bond acceptors (Lipinski definition) is 10. The van der Waals surface area contributed by atoms with Gasteiger partial charge in [0.05, 0.1) is 43.1 Å². The van der Waals surface area contributed by atoms with E-state index in [9.17, 15) is 23.4 Å². The second-order valence-electron chi connectivity index (χ2n) is 10.3. The summed E-state index contributed by atoms with van der Waals surface area (Å²) in [5.74, 6) is -0.660. The predicted octanol–water partition coefficient (Wildman–Crippen LogP) is 2.85. The number of rotatable bonds is 16. The van der Waals surface area contributed by atoms with Crippen molar-refractivity contribution in [1.82, 2.24) is 5.32 Å². The number of nitrogens with one attached hydrogen (secondary N) is 1. The van der Waals surface area contributed by atoms with Gasteiger partial charge in [0.15, 0.2) is 21.5 Å². The van der Waals surface area contributed by atoms with Gasteiger partial charge in [0.25, 0.3) is 5.91 Å². The zero-order chi connectivity index (χ0) is 32.3. The van der Waals surface area contributed by atoms with Gasteiger partial charge in [-0.2, -0.15) is 0 Å². The van der Waals surface area contributed by atoms with E-state index >= 15 is 0 Å². The molecule has 2 atom stereocenters. The summed E-state index contributed by atoms with van der Waals surface area (Å²) in [6, 6.07) is 20.3. The molecular formula is C31H35N5O8S. The molecule has 1 aliphatic heterocycles. The van der Waals surface area contributed by atoms with E-state index < -0.39 is 52.4 Å². The topological polar surface area (TPSA) is 204 Å². The van der Waals surface area contributed by atoms with Gasteiger partial charge in [-0.15, -0.1) is 0 Å². The molecular weight excluding hydrogens is 602 g/mol. The fraction of sp³-hybridized carbons (Fsp3) is 0.355. The third kappa shape index (κ3) is 7.98. The van der Waals surface area contributed by atoms with Gasteiger partial charge >= 0.3 is 0 Å². The fourth-order valence-electron chi connectivity index (χ4n) is 4.88. The van der Waals surface area contributed by atoms with E-state index in [0.29, 0.717) is 35.5 Å². The highest BCUT2D eigenvalue weighted by molar-refractivity contribution is 7.91. The van der Waals surface area contributed by atoms with Crippen molar-refractivity contribution in [2.24, 2.45) is 10.1 Å². The minimum atomic E-state index is -3.89. The van der Waals surface area contributed by atoms with E-state index in [1.54, 1.807) is 66.7 Å². The maximum atomic E-state index is 14.2. The summed E-state index contributed by atoms with van der Waals surface area (Å²) in [4.78, 5) is 21.9. The number of carbonyl (C=O) groups is 1. The Hall–Kier alpha value is -4.46. The Bertz CT molecular complexity index is 1630. The maximum absolute atomic E-state index is 14.2. The van der Waals surface area contributed by atoms with Crippen molar-refractivity contribution >= 4 is 21.6 Å². The summed E-state index contributed by atoms with van der Waals surface area (Å²) >= 11 is 0. The minimum absolute atomic E-state index is 0.0111. The molecule has 45 heavy (non-hydrogen) atoms. The van der Waals surface area contributed by atoms with Gasteiger partial charge in [-0.3, -0.25) is 4.79 Å². The van der Waals surface area contributed by atoms with Crippen LogP contribution < -0.4 is 10.1 Å². The molecule has 0 spiro atoms. The van der Waals surface area contributed by atoms with Crippen molar-refractivity contribution in [1.29, 1.82) is 0 Å². The highest BCUT2D eigenvalue weighted by Crippen LogP contribution is 2.44. The van der Waals surface area contributed by atoms with Gasteiger partial charge in [-0.25, -0.2) is 13.4 Å². The number of ether oxygens (including phenoxy) is 2. The van der Waals surface area contributed by atoms with Crippen LogP contribution in [0.5, 0.6) is 5.75 Å². The van der Waals surface area contributed by atoms with Crippen molar-refractivity contribution < 1.29 is 38.0 Å². The van der Waals surface area contributed by atoms with Crippen LogP contribution in [0, 0.1) is 0 Å². The summed E-state index contributed by atoms with van der Waals surface area (Å²) in [6.07, 6.45) is -1.05. The van der Waals surface area contributed by atoms with Crippen molar-refractivity contribution in [3.63, 3.8) is 0 Å². The molecule has 0 aromatic heterocycles. The summed E-state index contributed by atoms with van der Waals surface area (Å²) in [5, 5.41) is 34.8. The Balaban J connectivity index is 1.84. The molecule has 3 aromatic rings. The van der Waals surface area contributed by atoms with Crippen LogP contribution in [0.25, 0.3) is 10.4 Å². The van der Waals surface area contributed by atoms with Gasteiger partial charge in [0.1, 0.15) is 5.75 Å². The molecule has 238 valence electrons. The number of azide groups is 1. The first-order chi connectivity index (χ1) is 21.8. The lowest BCUT2D eigenvalue weighted by molar-refractivity contribution is -0.130. The van der Waals surface area contributed by atoms with Gasteiger partial charge < -0.3 is 30.1 Å². The minimum Gasteiger partial charge on any atom is -0.494 e. The highest BCUT2D eigenvalue weighted by Gasteiger charge is 2.54. The largest absolute Gasteiger partial charge is 0.494 e. The Morgan fingerprint density at radius 3 is 2.40 bits per heavy atom. The normalized spacial score (nSPS) is 17.7. The molecule has 4 N–H and O–H groups in total. The molecule has 0 aliphatic carbocycles. The molecule has 1 aliphatic rings.